The summed E-state index contributed by atoms with van der Waals surface area (Å²) in [6, 6.07) is 24.2. The standard InChI is InChI=1S/C26H26BrClN2O2/c1-2-29-26(32)24(16-19-8-4-3-5-9-19)30(18-21-11-6-12-22(27)14-21)25(31)17-20-10-7-13-23(28)15-20/h3-15,24H,2,16-18H2,1H3,(H,29,32)/t24-/m1/s1. The monoisotopic (exact) mass is 512 g/mol. The van der Waals surface area contributed by atoms with E-state index >= 15 is 0 Å². The van der Waals surface area contributed by atoms with Crippen LogP contribution in [0.4, 0.5) is 0 Å². The molecule has 0 saturated carbocycles. The van der Waals surface area contributed by atoms with Crippen LogP contribution in [0.5, 0.6) is 0 Å². The summed E-state index contributed by atoms with van der Waals surface area (Å²) in [7, 11) is 0. The lowest BCUT2D eigenvalue weighted by molar-refractivity contribution is -0.140. The Bertz CT molecular complexity index is 1060. The van der Waals surface area contributed by atoms with Gasteiger partial charge in [0.2, 0.25) is 11.8 Å². The number of nitrogens with one attached hydrogen (secondary N) is 1. The highest BCUT2D eigenvalue weighted by Crippen LogP contribution is 2.20. The molecule has 0 unspecified atom stereocenters. The predicted octanol–water partition coefficient (Wildman–Crippen LogP) is 5.42. The first-order valence-electron chi connectivity index (χ1n) is 10.6. The second kappa shape index (κ2) is 11.8. The van der Waals surface area contributed by atoms with Gasteiger partial charge in [-0.15, -0.1) is 0 Å². The van der Waals surface area contributed by atoms with Gasteiger partial charge in [-0.05, 0) is 47.9 Å². The number of halogens is 2. The van der Waals surface area contributed by atoms with Crippen LogP contribution in [-0.4, -0.2) is 29.3 Å². The lowest BCUT2D eigenvalue weighted by Crippen LogP contribution is -2.50. The van der Waals surface area contributed by atoms with Crippen molar-refractivity contribution in [3.05, 3.63) is 105 Å². The Morgan fingerprint density at radius 3 is 2.31 bits per heavy atom. The van der Waals surface area contributed by atoms with Crippen molar-refractivity contribution < 1.29 is 9.59 Å². The first-order chi connectivity index (χ1) is 15.5. The second-order valence-corrected chi connectivity index (χ2v) is 8.91. The van der Waals surface area contributed by atoms with E-state index in [9.17, 15) is 9.59 Å². The Hall–Kier alpha value is -2.63. The molecule has 0 saturated heterocycles. The number of carbonyl (C=O) groups excluding carboxylic acids is 2. The molecule has 32 heavy (non-hydrogen) atoms. The number of amides is 2. The fourth-order valence-electron chi connectivity index (χ4n) is 3.60. The molecule has 0 bridgehead atoms. The average Bonchev–Trinajstić information content (AvgIpc) is 2.77. The molecule has 6 heteroatoms. The molecule has 1 N–H and O–H groups in total. The van der Waals surface area contributed by atoms with E-state index in [2.05, 4.69) is 21.2 Å². The molecular formula is C26H26BrClN2O2. The van der Waals surface area contributed by atoms with Gasteiger partial charge < -0.3 is 10.2 Å². The van der Waals surface area contributed by atoms with E-state index in [0.717, 1.165) is 21.2 Å². The van der Waals surface area contributed by atoms with Gasteiger partial charge in [0.25, 0.3) is 0 Å². The maximum Gasteiger partial charge on any atom is 0.243 e. The molecule has 0 radical (unpaired) electrons. The summed E-state index contributed by atoms with van der Waals surface area (Å²) in [5.74, 6) is -0.287. The minimum absolute atomic E-state index is 0.126. The van der Waals surface area contributed by atoms with Gasteiger partial charge in [0.1, 0.15) is 6.04 Å². The summed E-state index contributed by atoms with van der Waals surface area (Å²) in [4.78, 5) is 28.3. The Balaban J connectivity index is 1.95. The highest BCUT2D eigenvalue weighted by Gasteiger charge is 2.30. The maximum atomic E-state index is 13.5. The fourth-order valence-corrected chi connectivity index (χ4v) is 4.26. The van der Waals surface area contributed by atoms with E-state index in [1.807, 2.05) is 73.7 Å². The van der Waals surface area contributed by atoms with Gasteiger partial charge in [-0.1, -0.05) is 82.1 Å². The Kier molecular flexibility index (Phi) is 8.89. The van der Waals surface area contributed by atoms with Crippen LogP contribution in [0, 0.1) is 0 Å². The number of carbonyl (C=O) groups is 2. The molecule has 2 amide bonds. The number of likely N-dealkylation sites (N-methyl/N-ethyl adjacent to an activating group) is 1. The summed E-state index contributed by atoms with van der Waals surface area (Å²) in [6.07, 6.45) is 0.598. The van der Waals surface area contributed by atoms with E-state index < -0.39 is 6.04 Å². The van der Waals surface area contributed by atoms with Crippen molar-refractivity contribution in [1.29, 1.82) is 0 Å². The summed E-state index contributed by atoms with van der Waals surface area (Å²) < 4.78 is 0.926. The van der Waals surface area contributed by atoms with E-state index in [1.54, 1.807) is 17.0 Å². The van der Waals surface area contributed by atoms with Gasteiger partial charge in [0.15, 0.2) is 0 Å². The molecule has 0 aromatic heterocycles. The molecule has 0 aliphatic rings. The highest BCUT2D eigenvalue weighted by molar-refractivity contribution is 9.10. The summed E-state index contributed by atoms with van der Waals surface area (Å²) in [5.41, 5.74) is 2.76. The zero-order valence-electron chi connectivity index (χ0n) is 17.9. The van der Waals surface area contributed by atoms with Gasteiger partial charge >= 0.3 is 0 Å². The average molecular weight is 514 g/mol. The summed E-state index contributed by atoms with van der Waals surface area (Å²) >= 11 is 9.62. The van der Waals surface area contributed by atoms with Gasteiger partial charge in [0, 0.05) is 29.0 Å². The summed E-state index contributed by atoms with van der Waals surface area (Å²) in [6.45, 7) is 2.70. The lowest BCUT2D eigenvalue weighted by Gasteiger charge is -2.31. The van der Waals surface area contributed by atoms with E-state index in [1.165, 1.54) is 0 Å². The molecule has 0 fully saturated rings. The smallest absolute Gasteiger partial charge is 0.243 e. The summed E-state index contributed by atoms with van der Waals surface area (Å²) in [5, 5.41) is 3.49. The molecule has 0 heterocycles. The zero-order valence-corrected chi connectivity index (χ0v) is 20.3. The number of hydrogen-bond acceptors (Lipinski definition) is 2. The van der Waals surface area contributed by atoms with Crippen molar-refractivity contribution in [2.75, 3.05) is 6.54 Å². The predicted molar refractivity (Wildman–Crippen MR) is 132 cm³/mol. The molecule has 166 valence electrons. The molecule has 3 aromatic rings. The second-order valence-electron chi connectivity index (χ2n) is 7.56. The van der Waals surface area contributed by atoms with Gasteiger partial charge in [-0.25, -0.2) is 0 Å². The van der Waals surface area contributed by atoms with Crippen molar-refractivity contribution >= 4 is 39.3 Å². The minimum Gasteiger partial charge on any atom is -0.355 e. The van der Waals surface area contributed by atoms with E-state index in [4.69, 9.17) is 11.6 Å². The van der Waals surface area contributed by atoms with E-state index in [-0.39, 0.29) is 18.2 Å². The molecule has 0 aliphatic heterocycles. The van der Waals surface area contributed by atoms with Gasteiger partial charge in [-0.3, -0.25) is 9.59 Å². The van der Waals surface area contributed by atoms with Crippen LogP contribution < -0.4 is 5.32 Å². The normalized spacial score (nSPS) is 11.6. The maximum absolute atomic E-state index is 13.5. The van der Waals surface area contributed by atoms with Crippen LogP contribution in [0.2, 0.25) is 5.02 Å². The van der Waals surface area contributed by atoms with Crippen LogP contribution >= 0.6 is 27.5 Å². The Labute approximate surface area is 202 Å². The van der Waals surface area contributed by atoms with Crippen LogP contribution in [0.25, 0.3) is 0 Å². The molecule has 3 aromatic carbocycles. The first kappa shape index (κ1) is 24.0. The molecule has 3 rings (SSSR count). The third-order valence-electron chi connectivity index (χ3n) is 5.11. The Morgan fingerprint density at radius 1 is 0.938 bits per heavy atom. The lowest BCUT2D eigenvalue weighted by atomic mass is 10.0. The highest BCUT2D eigenvalue weighted by atomic mass is 79.9. The van der Waals surface area contributed by atoms with Crippen molar-refractivity contribution in [2.24, 2.45) is 0 Å². The molecule has 0 aliphatic carbocycles. The van der Waals surface area contributed by atoms with E-state index in [0.29, 0.717) is 24.5 Å². The van der Waals surface area contributed by atoms with Crippen LogP contribution in [0.15, 0.2) is 83.3 Å². The van der Waals surface area contributed by atoms with Gasteiger partial charge in [0.05, 0.1) is 6.42 Å². The van der Waals surface area contributed by atoms with Crippen LogP contribution in [0.3, 0.4) is 0 Å². The topological polar surface area (TPSA) is 49.4 Å². The number of rotatable bonds is 9. The molecule has 0 spiro atoms. The molecule has 1 atom stereocenters. The molecular weight excluding hydrogens is 488 g/mol. The minimum atomic E-state index is -0.636. The van der Waals surface area contributed by atoms with Crippen molar-refractivity contribution in [3.63, 3.8) is 0 Å². The van der Waals surface area contributed by atoms with Crippen molar-refractivity contribution in [3.8, 4) is 0 Å². The SMILES string of the molecule is CCNC(=O)[C@@H](Cc1ccccc1)N(Cc1cccc(Br)c1)C(=O)Cc1cccc(Cl)c1. The van der Waals surface area contributed by atoms with Crippen molar-refractivity contribution in [1.82, 2.24) is 10.2 Å². The van der Waals surface area contributed by atoms with Gasteiger partial charge in [-0.2, -0.15) is 0 Å². The number of hydrogen-bond donors (Lipinski definition) is 1. The third kappa shape index (κ3) is 6.94. The van der Waals surface area contributed by atoms with Crippen LogP contribution in [0.1, 0.15) is 23.6 Å². The third-order valence-corrected chi connectivity index (χ3v) is 5.84. The zero-order chi connectivity index (χ0) is 22.9. The first-order valence-corrected chi connectivity index (χ1v) is 11.7. The van der Waals surface area contributed by atoms with Crippen molar-refractivity contribution in [2.45, 2.75) is 32.4 Å². The quantitative estimate of drug-likeness (QED) is 0.415. The largest absolute Gasteiger partial charge is 0.355 e. The Morgan fingerprint density at radius 2 is 1.62 bits per heavy atom. The number of benzene rings is 3. The fraction of sp³-hybridized carbons (Fsp3) is 0.231. The number of nitrogens with zero attached hydrogens (tertiary/aromatic N) is 1. The van der Waals surface area contributed by atoms with Crippen LogP contribution in [-0.2, 0) is 29.0 Å². The molecule has 4 nitrogen and oxygen atoms in total.